The smallest absolute Gasteiger partial charge is 0.344 e. The number of fused-ring (bicyclic) bond motifs is 3. The van der Waals surface area contributed by atoms with Crippen LogP contribution in [0.4, 0.5) is 0 Å². The minimum absolute atomic E-state index is 0.0492. The Hall–Kier alpha value is -2.17. The lowest BCUT2D eigenvalue weighted by atomic mass is 9.96. The lowest BCUT2D eigenvalue weighted by Gasteiger charge is -2.35. The van der Waals surface area contributed by atoms with Crippen LogP contribution in [-0.4, -0.2) is 22.6 Å². The monoisotopic (exact) mass is 351 g/mol. The van der Waals surface area contributed by atoms with E-state index in [9.17, 15) is 9.90 Å². The number of rotatable bonds is 4. The van der Waals surface area contributed by atoms with E-state index in [4.69, 9.17) is 4.42 Å². The maximum atomic E-state index is 12.5. The van der Waals surface area contributed by atoms with Gasteiger partial charge >= 0.3 is 5.63 Å². The molecule has 1 atom stereocenters. The number of piperidine rings is 1. The molecule has 136 valence electrons. The molecule has 1 fully saturated rings. The highest BCUT2D eigenvalue weighted by Gasteiger charge is 2.23. The van der Waals surface area contributed by atoms with Gasteiger partial charge < -0.3 is 9.52 Å². The first-order valence-corrected chi connectivity index (χ1v) is 9.54. The van der Waals surface area contributed by atoms with Gasteiger partial charge in [0, 0.05) is 23.5 Å². The normalized spacial score (nSPS) is 18.6. The summed E-state index contributed by atoms with van der Waals surface area (Å²) in [6, 6.07) is 12.0. The third kappa shape index (κ3) is 2.93. The zero-order valence-electron chi connectivity index (χ0n) is 15.2. The molecule has 0 unspecified atom stereocenters. The third-order valence-electron chi connectivity index (χ3n) is 5.74. The van der Waals surface area contributed by atoms with Crippen molar-refractivity contribution in [1.29, 1.82) is 0 Å². The summed E-state index contributed by atoms with van der Waals surface area (Å²) in [6.45, 7) is 3.95. The second-order valence-corrected chi connectivity index (χ2v) is 7.20. The van der Waals surface area contributed by atoms with Gasteiger partial charge in [-0.1, -0.05) is 43.7 Å². The van der Waals surface area contributed by atoms with E-state index >= 15 is 0 Å². The number of benzene rings is 2. The van der Waals surface area contributed by atoms with Crippen molar-refractivity contribution < 1.29 is 9.52 Å². The summed E-state index contributed by atoms with van der Waals surface area (Å²) in [6.07, 6.45) is 4.80. The Kier molecular flexibility index (Phi) is 4.79. The minimum atomic E-state index is -0.310. The predicted molar refractivity (Wildman–Crippen MR) is 104 cm³/mol. The number of nitrogens with zero attached hydrogens (tertiary/aromatic N) is 1. The SMILES string of the molecule is CC[C@H]1CCCCN1Cc1c(CO)ccc2c1oc(=O)c1ccccc12. The van der Waals surface area contributed by atoms with Gasteiger partial charge in [-0.25, -0.2) is 4.79 Å². The molecular formula is C22H25NO3. The van der Waals surface area contributed by atoms with Crippen molar-refractivity contribution in [2.45, 2.75) is 51.8 Å². The summed E-state index contributed by atoms with van der Waals surface area (Å²) >= 11 is 0. The molecule has 4 heteroatoms. The average molecular weight is 351 g/mol. The van der Waals surface area contributed by atoms with Crippen LogP contribution in [-0.2, 0) is 13.2 Å². The maximum Gasteiger partial charge on any atom is 0.344 e. The molecule has 4 nitrogen and oxygen atoms in total. The fourth-order valence-electron chi connectivity index (χ4n) is 4.30. The van der Waals surface area contributed by atoms with Gasteiger partial charge in [-0.05, 0) is 42.8 Å². The lowest BCUT2D eigenvalue weighted by Crippen LogP contribution is -2.38. The van der Waals surface area contributed by atoms with Gasteiger partial charge in [-0.3, -0.25) is 4.90 Å². The van der Waals surface area contributed by atoms with Crippen LogP contribution in [0, 0.1) is 0 Å². The van der Waals surface area contributed by atoms with Gasteiger partial charge in [0.25, 0.3) is 0 Å². The third-order valence-corrected chi connectivity index (χ3v) is 5.74. The van der Waals surface area contributed by atoms with E-state index < -0.39 is 0 Å². The van der Waals surface area contributed by atoms with Crippen LogP contribution in [0.25, 0.3) is 21.7 Å². The van der Waals surface area contributed by atoms with Gasteiger partial charge in [-0.2, -0.15) is 0 Å². The fraction of sp³-hybridized carbons (Fsp3) is 0.409. The second kappa shape index (κ2) is 7.22. The number of likely N-dealkylation sites (tertiary alicyclic amines) is 1. The number of aliphatic hydroxyl groups is 1. The van der Waals surface area contributed by atoms with Crippen molar-refractivity contribution in [2.75, 3.05) is 6.54 Å². The minimum Gasteiger partial charge on any atom is -0.422 e. The van der Waals surface area contributed by atoms with E-state index in [2.05, 4.69) is 11.8 Å². The van der Waals surface area contributed by atoms with Crippen molar-refractivity contribution in [1.82, 2.24) is 4.90 Å². The van der Waals surface area contributed by atoms with E-state index in [0.717, 1.165) is 34.9 Å². The molecule has 1 saturated heterocycles. The summed E-state index contributed by atoms with van der Waals surface area (Å²) in [5.41, 5.74) is 2.11. The molecule has 0 aliphatic carbocycles. The molecule has 4 rings (SSSR count). The number of aliphatic hydroxyl groups excluding tert-OH is 1. The summed E-state index contributed by atoms with van der Waals surface area (Å²) < 4.78 is 5.77. The van der Waals surface area contributed by atoms with Crippen LogP contribution in [0.15, 0.2) is 45.6 Å². The molecule has 1 N–H and O–H groups in total. The molecule has 26 heavy (non-hydrogen) atoms. The molecule has 0 bridgehead atoms. The van der Waals surface area contributed by atoms with E-state index in [1.165, 1.54) is 19.3 Å². The number of hydrogen-bond acceptors (Lipinski definition) is 4. The number of hydrogen-bond donors (Lipinski definition) is 1. The fourth-order valence-corrected chi connectivity index (χ4v) is 4.30. The highest BCUT2D eigenvalue weighted by molar-refractivity contribution is 6.05. The van der Waals surface area contributed by atoms with Crippen LogP contribution >= 0.6 is 0 Å². The highest BCUT2D eigenvalue weighted by Crippen LogP contribution is 2.30. The van der Waals surface area contributed by atoms with Crippen molar-refractivity contribution in [3.05, 3.63) is 57.9 Å². The quantitative estimate of drug-likeness (QED) is 0.565. The Morgan fingerprint density at radius 3 is 2.69 bits per heavy atom. The highest BCUT2D eigenvalue weighted by atomic mass is 16.4. The lowest BCUT2D eigenvalue weighted by molar-refractivity contribution is 0.135. The zero-order valence-corrected chi connectivity index (χ0v) is 15.2. The van der Waals surface area contributed by atoms with E-state index in [0.29, 0.717) is 23.6 Å². The van der Waals surface area contributed by atoms with E-state index in [1.54, 1.807) is 6.07 Å². The van der Waals surface area contributed by atoms with Gasteiger partial charge in [-0.15, -0.1) is 0 Å². The molecule has 0 spiro atoms. The van der Waals surface area contributed by atoms with Gasteiger partial charge in [0.15, 0.2) is 0 Å². The first-order valence-electron chi connectivity index (χ1n) is 9.54. The summed E-state index contributed by atoms with van der Waals surface area (Å²) in [5.74, 6) is 0. The largest absolute Gasteiger partial charge is 0.422 e. The summed E-state index contributed by atoms with van der Waals surface area (Å²) in [7, 11) is 0. The van der Waals surface area contributed by atoms with Crippen molar-refractivity contribution in [3.63, 3.8) is 0 Å². The molecule has 0 amide bonds. The molecule has 1 aliphatic heterocycles. The second-order valence-electron chi connectivity index (χ2n) is 7.20. The zero-order chi connectivity index (χ0) is 18.1. The Balaban J connectivity index is 1.90. The van der Waals surface area contributed by atoms with E-state index in [-0.39, 0.29) is 12.2 Å². The van der Waals surface area contributed by atoms with Crippen LogP contribution < -0.4 is 5.63 Å². The average Bonchev–Trinajstić information content (AvgIpc) is 2.69. The maximum absolute atomic E-state index is 12.5. The van der Waals surface area contributed by atoms with E-state index in [1.807, 2.05) is 30.3 Å². The van der Waals surface area contributed by atoms with Crippen molar-refractivity contribution >= 4 is 21.7 Å². The Morgan fingerprint density at radius 1 is 1.12 bits per heavy atom. The molecule has 0 radical (unpaired) electrons. The summed E-state index contributed by atoms with van der Waals surface area (Å²) in [5, 5.41) is 12.3. The topological polar surface area (TPSA) is 53.7 Å². The molecule has 2 heterocycles. The molecule has 0 saturated carbocycles. The standard InChI is InChI=1S/C22H25NO3/c1-2-16-7-5-6-12-23(16)13-20-15(14-24)10-11-18-17-8-3-4-9-19(17)22(25)26-21(18)20/h3-4,8-11,16,24H,2,5-7,12-14H2,1H3/t16-/m0/s1. The summed E-state index contributed by atoms with van der Waals surface area (Å²) in [4.78, 5) is 15.0. The first kappa shape index (κ1) is 17.3. The molecule has 2 aromatic carbocycles. The molecule has 3 aromatic rings. The van der Waals surface area contributed by atoms with Gasteiger partial charge in [0.1, 0.15) is 5.58 Å². The molecular weight excluding hydrogens is 326 g/mol. The van der Waals surface area contributed by atoms with Crippen LogP contribution in [0.2, 0.25) is 0 Å². The first-order chi connectivity index (χ1) is 12.7. The molecule has 1 aromatic heterocycles. The Morgan fingerprint density at radius 2 is 1.92 bits per heavy atom. The van der Waals surface area contributed by atoms with Crippen molar-refractivity contribution in [2.24, 2.45) is 0 Å². The Bertz CT molecular complexity index is 992. The van der Waals surface area contributed by atoms with Crippen LogP contribution in [0.1, 0.15) is 43.7 Å². The van der Waals surface area contributed by atoms with Gasteiger partial charge in [0.2, 0.25) is 0 Å². The van der Waals surface area contributed by atoms with Crippen LogP contribution in [0.3, 0.4) is 0 Å². The molecule has 1 aliphatic rings. The predicted octanol–water partition coefficient (Wildman–Crippen LogP) is 4.20. The van der Waals surface area contributed by atoms with Gasteiger partial charge in [0.05, 0.1) is 12.0 Å². The Labute approximate surface area is 153 Å². The van der Waals surface area contributed by atoms with Crippen molar-refractivity contribution in [3.8, 4) is 0 Å². The van der Waals surface area contributed by atoms with Crippen LogP contribution in [0.5, 0.6) is 0 Å².